The number of benzene rings is 1. The molecule has 0 unspecified atom stereocenters. The second-order valence-corrected chi connectivity index (χ2v) is 10.9. The van der Waals surface area contributed by atoms with Crippen molar-refractivity contribution in [2.45, 2.75) is 83.6 Å². The lowest BCUT2D eigenvalue weighted by atomic mass is 9.93. The molecule has 1 aromatic heterocycles. The van der Waals surface area contributed by atoms with Crippen LogP contribution in [0.15, 0.2) is 41.9 Å². The summed E-state index contributed by atoms with van der Waals surface area (Å²) in [4.78, 5) is 32.8. The van der Waals surface area contributed by atoms with Crippen LogP contribution in [0, 0.1) is 11.8 Å². The molecule has 198 valence electrons. The average molecular weight is 516 g/mol. The maximum atomic E-state index is 13.4. The van der Waals surface area contributed by atoms with Crippen LogP contribution in [0.1, 0.15) is 69.5 Å². The first kappa shape index (κ1) is 28.3. The third-order valence-corrected chi connectivity index (χ3v) is 8.20. The summed E-state index contributed by atoms with van der Waals surface area (Å²) in [6.45, 7) is 6.67. The number of aliphatic hydroxyl groups is 1. The fourth-order valence-corrected chi connectivity index (χ4v) is 5.77. The van der Waals surface area contributed by atoms with Crippen LogP contribution < -0.4 is 5.32 Å². The molecule has 3 rings (SSSR count). The van der Waals surface area contributed by atoms with Gasteiger partial charge in [0.1, 0.15) is 5.01 Å². The second-order valence-electron chi connectivity index (χ2n) is 10.0. The summed E-state index contributed by atoms with van der Waals surface area (Å²) in [5.74, 6) is -0.266. The molecule has 0 radical (unpaired) electrons. The van der Waals surface area contributed by atoms with Gasteiger partial charge < -0.3 is 20.1 Å². The molecular formula is C28H41N3O4S. The quantitative estimate of drug-likeness (QED) is 0.413. The van der Waals surface area contributed by atoms with Gasteiger partial charge in [0.05, 0.1) is 36.6 Å². The number of carbonyl (C=O) groups is 2. The number of ether oxygens (including phenoxy) is 1. The molecule has 36 heavy (non-hydrogen) atoms. The normalized spacial score (nSPS) is 19.9. The zero-order valence-electron chi connectivity index (χ0n) is 21.9. The number of aromatic nitrogens is 1. The molecule has 1 fully saturated rings. The van der Waals surface area contributed by atoms with Gasteiger partial charge in [0.25, 0.3) is 0 Å². The van der Waals surface area contributed by atoms with E-state index in [2.05, 4.69) is 24.1 Å². The lowest BCUT2D eigenvalue weighted by Gasteiger charge is -2.34. The SMILES string of the molecule is CC[C@H](C)C[C@H](O)CC(=O)N1CCC[C@H]1[C@H](OC)[C@@H](C)C(=O)N[C@@H](Cc1ccccc1)c1nccs1. The molecule has 1 aliphatic heterocycles. The van der Waals surface area contributed by atoms with Gasteiger partial charge in [0.2, 0.25) is 11.8 Å². The first-order valence-electron chi connectivity index (χ1n) is 13.1. The number of hydrogen-bond acceptors (Lipinski definition) is 6. The lowest BCUT2D eigenvalue weighted by Crippen LogP contribution is -2.50. The third-order valence-electron chi connectivity index (χ3n) is 7.31. The molecule has 2 N–H and O–H groups in total. The Morgan fingerprint density at radius 3 is 2.67 bits per heavy atom. The van der Waals surface area contributed by atoms with Gasteiger partial charge in [0, 0.05) is 25.2 Å². The maximum absolute atomic E-state index is 13.4. The summed E-state index contributed by atoms with van der Waals surface area (Å²) >= 11 is 1.53. The largest absolute Gasteiger partial charge is 0.393 e. The van der Waals surface area contributed by atoms with Crippen molar-refractivity contribution in [1.82, 2.24) is 15.2 Å². The highest BCUT2D eigenvalue weighted by Gasteiger charge is 2.40. The van der Waals surface area contributed by atoms with Crippen LogP contribution in [-0.2, 0) is 20.7 Å². The van der Waals surface area contributed by atoms with E-state index in [0.717, 1.165) is 29.8 Å². The van der Waals surface area contributed by atoms with E-state index in [-0.39, 0.29) is 30.3 Å². The highest BCUT2D eigenvalue weighted by atomic mass is 32.1. The van der Waals surface area contributed by atoms with Gasteiger partial charge in [-0.2, -0.15) is 0 Å². The number of thiazole rings is 1. The summed E-state index contributed by atoms with van der Waals surface area (Å²) in [7, 11) is 1.61. The van der Waals surface area contributed by atoms with E-state index in [1.165, 1.54) is 11.3 Å². The van der Waals surface area contributed by atoms with E-state index in [9.17, 15) is 14.7 Å². The fourth-order valence-electron chi connectivity index (χ4n) is 5.08. The molecule has 1 saturated heterocycles. The van der Waals surface area contributed by atoms with Gasteiger partial charge in [-0.15, -0.1) is 11.3 Å². The van der Waals surface area contributed by atoms with Crippen molar-refractivity contribution in [1.29, 1.82) is 0 Å². The van der Waals surface area contributed by atoms with Crippen LogP contribution >= 0.6 is 11.3 Å². The Hall–Kier alpha value is -2.29. The molecule has 1 aromatic carbocycles. The number of hydrogen-bond donors (Lipinski definition) is 2. The van der Waals surface area contributed by atoms with Gasteiger partial charge in [-0.25, -0.2) is 4.98 Å². The number of nitrogens with zero attached hydrogens (tertiary/aromatic N) is 2. The molecule has 2 aromatic rings. The van der Waals surface area contributed by atoms with Crippen molar-refractivity contribution in [2.75, 3.05) is 13.7 Å². The van der Waals surface area contributed by atoms with Gasteiger partial charge in [-0.05, 0) is 37.2 Å². The average Bonchev–Trinajstić information content (AvgIpc) is 3.57. The lowest BCUT2D eigenvalue weighted by molar-refractivity contribution is -0.141. The minimum Gasteiger partial charge on any atom is -0.393 e. The Kier molecular flexibility index (Phi) is 10.9. The molecule has 0 bridgehead atoms. The van der Waals surface area contributed by atoms with E-state index in [1.54, 1.807) is 13.3 Å². The molecule has 1 aliphatic rings. The first-order chi connectivity index (χ1) is 17.3. The predicted octanol–water partition coefficient (Wildman–Crippen LogP) is 4.37. The first-order valence-corrected chi connectivity index (χ1v) is 14.0. The van der Waals surface area contributed by atoms with Crippen LogP contribution in [0.25, 0.3) is 0 Å². The standard InChI is InChI=1S/C28H41N3O4S/c1-5-19(2)16-22(32)18-25(33)31-14-9-12-24(31)26(35-4)20(3)27(34)30-23(28-29-13-15-36-28)17-21-10-7-6-8-11-21/h6-8,10-11,13,15,19-20,22-24,26,32H,5,9,12,14,16-18H2,1-4H3,(H,30,34)/t19-,20+,22-,23-,24-,26+/m0/s1. The predicted molar refractivity (Wildman–Crippen MR) is 143 cm³/mol. The van der Waals surface area contributed by atoms with Crippen LogP contribution in [0.2, 0.25) is 0 Å². The Bertz CT molecular complexity index is 940. The van der Waals surface area contributed by atoms with Crippen LogP contribution in [0.3, 0.4) is 0 Å². The van der Waals surface area contributed by atoms with E-state index in [0.29, 0.717) is 25.3 Å². The van der Waals surface area contributed by atoms with Crippen LogP contribution in [0.5, 0.6) is 0 Å². The number of methoxy groups -OCH3 is 1. The fraction of sp³-hybridized carbons (Fsp3) is 0.607. The molecule has 2 heterocycles. The van der Waals surface area contributed by atoms with Crippen molar-refractivity contribution in [3.63, 3.8) is 0 Å². The van der Waals surface area contributed by atoms with Gasteiger partial charge in [0.15, 0.2) is 0 Å². The number of nitrogens with one attached hydrogen (secondary N) is 1. The highest BCUT2D eigenvalue weighted by Crippen LogP contribution is 2.29. The van der Waals surface area contributed by atoms with Crippen molar-refractivity contribution < 1.29 is 19.4 Å². The molecule has 0 spiro atoms. The Balaban J connectivity index is 1.67. The minimum absolute atomic E-state index is 0.0623. The second kappa shape index (κ2) is 13.9. The molecular weight excluding hydrogens is 474 g/mol. The number of rotatable bonds is 13. The molecule has 8 heteroatoms. The van der Waals surface area contributed by atoms with E-state index in [4.69, 9.17) is 4.74 Å². The van der Waals surface area contributed by atoms with Crippen molar-refractivity contribution >= 4 is 23.2 Å². The summed E-state index contributed by atoms with van der Waals surface area (Å²) in [5.41, 5.74) is 1.12. The zero-order chi connectivity index (χ0) is 26.1. The summed E-state index contributed by atoms with van der Waals surface area (Å²) in [6.07, 6.45) is 4.67. The number of aliphatic hydroxyl groups excluding tert-OH is 1. The highest BCUT2D eigenvalue weighted by molar-refractivity contribution is 7.09. The smallest absolute Gasteiger partial charge is 0.226 e. The van der Waals surface area contributed by atoms with Crippen LogP contribution in [-0.4, -0.2) is 58.7 Å². The summed E-state index contributed by atoms with van der Waals surface area (Å²) < 4.78 is 5.84. The Morgan fingerprint density at radius 1 is 1.28 bits per heavy atom. The van der Waals surface area contributed by atoms with E-state index < -0.39 is 18.1 Å². The topological polar surface area (TPSA) is 91.8 Å². The van der Waals surface area contributed by atoms with Crippen molar-refractivity contribution in [2.24, 2.45) is 11.8 Å². The van der Waals surface area contributed by atoms with Crippen LogP contribution in [0.4, 0.5) is 0 Å². The van der Waals surface area contributed by atoms with E-state index in [1.807, 2.05) is 47.5 Å². The Morgan fingerprint density at radius 2 is 2.03 bits per heavy atom. The minimum atomic E-state index is -0.646. The maximum Gasteiger partial charge on any atom is 0.226 e. The van der Waals surface area contributed by atoms with Gasteiger partial charge in [-0.3, -0.25) is 9.59 Å². The molecule has 0 saturated carbocycles. The molecule has 7 nitrogen and oxygen atoms in total. The number of amides is 2. The summed E-state index contributed by atoms with van der Waals surface area (Å²) in [5, 5.41) is 16.4. The third kappa shape index (κ3) is 7.60. The van der Waals surface area contributed by atoms with Gasteiger partial charge >= 0.3 is 0 Å². The monoisotopic (exact) mass is 515 g/mol. The van der Waals surface area contributed by atoms with Gasteiger partial charge in [-0.1, -0.05) is 57.5 Å². The summed E-state index contributed by atoms with van der Waals surface area (Å²) in [6, 6.07) is 9.63. The zero-order valence-corrected chi connectivity index (χ0v) is 22.7. The molecule has 2 amide bonds. The molecule has 6 atom stereocenters. The Labute approximate surface area is 219 Å². The van der Waals surface area contributed by atoms with Crippen molar-refractivity contribution in [3.05, 3.63) is 52.5 Å². The molecule has 0 aliphatic carbocycles. The number of carbonyl (C=O) groups excluding carboxylic acids is 2. The van der Waals surface area contributed by atoms with Crippen molar-refractivity contribution in [3.8, 4) is 0 Å². The van der Waals surface area contributed by atoms with E-state index >= 15 is 0 Å². The number of likely N-dealkylation sites (tertiary alicyclic amines) is 1.